The number of amides is 1. The van der Waals surface area contributed by atoms with E-state index in [0.717, 1.165) is 0 Å². The SMILES string of the molecule is CC(C)Oc1cccc(/C(O)=C2/C(=O)C(=O)N(c3ccc(F)cc3)C2c2ccccn2)c1. The van der Waals surface area contributed by atoms with E-state index in [0.29, 0.717) is 22.7 Å². The van der Waals surface area contributed by atoms with E-state index >= 15 is 0 Å². The standard InChI is InChI=1S/C25H21FN2O4/c1-15(2)32-19-7-5-6-16(14-19)23(29)21-22(20-8-3-4-13-27-20)28(25(31)24(21)30)18-11-9-17(26)10-12-18/h3-15,22,29H,1-2H3/b23-21-. The van der Waals surface area contributed by atoms with Crippen LogP contribution in [-0.2, 0) is 9.59 Å². The number of Topliss-reactive ketones (excluding diaryl/α,β-unsaturated/α-hetero) is 1. The van der Waals surface area contributed by atoms with E-state index in [1.807, 2.05) is 13.8 Å². The maximum absolute atomic E-state index is 13.5. The average Bonchev–Trinajstić information content (AvgIpc) is 3.05. The molecule has 1 saturated heterocycles. The molecule has 0 radical (unpaired) electrons. The Hall–Kier alpha value is -4.00. The Bertz CT molecular complexity index is 1190. The minimum absolute atomic E-state index is 0.0787. The van der Waals surface area contributed by atoms with Gasteiger partial charge in [-0.15, -0.1) is 0 Å². The van der Waals surface area contributed by atoms with E-state index in [9.17, 15) is 19.1 Å². The number of anilines is 1. The lowest BCUT2D eigenvalue weighted by molar-refractivity contribution is -0.132. The van der Waals surface area contributed by atoms with Crippen LogP contribution in [0.4, 0.5) is 10.1 Å². The summed E-state index contributed by atoms with van der Waals surface area (Å²) in [6, 6.07) is 16.0. The molecule has 1 N–H and O–H groups in total. The highest BCUT2D eigenvalue weighted by molar-refractivity contribution is 6.51. The van der Waals surface area contributed by atoms with Crippen molar-refractivity contribution in [2.75, 3.05) is 4.90 Å². The van der Waals surface area contributed by atoms with Crippen molar-refractivity contribution in [2.24, 2.45) is 0 Å². The molecular formula is C25H21FN2O4. The minimum Gasteiger partial charge on any atom is -0.507 e. The van der Waals surface area contributed by atoms with Crippen LogP contribution in [0.3, 0.4) is 0 Å². The number of carbonyl (C=O) groups excluding carboxylic acids is 2. The molecular weight excluding hydrogens is 411 g/mol. The number of hydrogen-bond acceptors (Lipinski definition) is 5. The van der Waals surface area contributed by atoms with E-state index < -0.39 is 23.5 Å². The predicted molar refractivity (Wildman–Crippen MR) is 118 cm³/mol. The molecule has 0 bridgehead atoms. The normalized spacial score (nSPS) is 17.8. The van der Waals surface area contributed by atoms with Crippen LogP contribution >= 0.6 is 0 Å². The number of rotatable bonds is 5. The lowest BCUT2D eigenvalue weighted by Crippen LogP contribution is -2.29. The van der Waals surface area contributed by atoms with Gasteiger partial charge in [-0.1, -0.05) is 18.2 Å². The van der Waals surface area contributed by atoms with Gasteiger partial charge >= 0.3 is 0 Å². The van der Waals surface area contributed by atoms with Crippen molar-refractivity contribution in [1.29, 1.82) is 0 Å². The van der Waals surface area contributed by atoms with Gasteiger partial charge in [-0.2, -0.15) is 0 Å². The molecule has 6 nitrogen and oxygen atoms in total. The predicted octanol–water partition coefficient (Wildman–Crippen LogP) is 4.63. The number of carbonyl (C=O) groups is 2. The van der Waals surface area contributed by atoms with Crippen LogP contribution in [0, 0.1) is 5.82 Å². The van der Waals surface area contributed by atoms with Gasteiger partial charge in [0.25, 0.3) is 11.7 Å². The second-order valence-electron chi connectivity index (χ2n) is 7.59. The molecule has 3 aromatic rings. The molecule has 0 saturated carbocycles. The van der Waals surface area contributed by atoms with Crippen molar-refractivity contribution < 1.29 is 23.8 Å². The Morgan fingerprint density at radius 1 is 1.06 bits per heavy atom. The number of ether oxygens (including phenoxy) is 1. The van der Waals surface area contributed by atoms with Gasteiger partial charge in [-0.3, -0.25) is 19.5 Å². The molecule has 0 aliphatic carbocycles. The zero-order chi connectivity index (χ0) is 22.8. The third-order valence-corrected chi connectivity index (χ3v) is 5.00. The fraction of sp³-hybridized carbons (Fsp3) is 0.160. The van der Waals surface area contributed by atoms with E-state index in [2.05, 4.69) is 4.98 Å². The van der Waals surface area contributed by atoms with Crippen LogP contribution in [0.15, 0.2) is 78.5 Å². The van der Waals surface area contributed by atoms with Gasteiger partial charge in [-0.05, 0) is 62.4 Å². The number of benzene rings is 2. The molecule has 162 valence electrons. The first kappa shape index (κ1) is 21.2. The number of pyridine rings is 1. The maximum Gasteiger partial charge on any atom is 0.300 e. The Morgan fingerprint density at radius 3 is 2.47 bits per heavy atom. The molecule has 1 atom stereocenters. The number of aliphatic hydroxyl groups excluding tert-OH is 1. The lowest BCUT2D eigenvalue weighted by Gasteiger charge is -2.24. The summed E-state index contributed by atoms with van der Waals surface area (Å²) in [6.45, 7) is 3.75. The van der Waals surface area contributed by atoms with Gasteiger partial charge in [0.15, 0.2) is 0 Å². The number of ketones is 1. The lowest BCUT2D eigenvalue weighted by atomic mass is 9.98. The molecule has 1 aromatic heterocycles. The van der Waals surface area contributed by atoms with Crippen molar-refractivity contribution >= 4 is 23.1 Å². The van der Waals surface area contributed by atoms with Gasteiger partial charge in [0, 0.05) is 17.4 Å². The third kappa shape index (κ3) is 3.97. The summed E-state index contributed by atoms with van der Waals surface area (Å²) in [4.78, 5) is 31.6. The largest absolute Gasteiger partial charge is 0.507 e. The number of hydrogen-bond donors (Lipinski definition) is 1. The molecule has 2 aromatic carbocycles. The first-order valence-electron chi connectivity index (χ1n) is 10.1. The van der Waals surface area contributed by atoms with E-state index in [1.165, 1.54) is 35.4 Å². The summed E-state index contributed by atoms with van der Waals surface area (Å²) in [5, 5.41) is 11.1. The zero-order valence-corrected chi connectivity index (χ0v) is 17.5. The summed E-state index contributed by atoms with van der Waals surface area (Å²) in [5.74, 6) is -1.97. The zero-order valence-electron chi connectivity index (χ0n) is 17.5. The van der Waals surface area contributed by atoms with Crippen molar-refractivity contribution in [3.63, 3.8) is 0 Å². The van der Waals surface area contributed by atoms with Gasteiger partial charge in [0.1, 0.15) is 23.4 Å². The smallest absolute Gasteiger partial charge is 0.300 e. The third-order valence-electron chi connectivity index (χ3n) is 5.00. The molecule has 4 rings (SSSR count). The van der Waals surface area contributed by atoms with Crippen LogP contribution in [0.1, 0.15) is 31.1 Å². The summed E-state index contributed by atoms with van der Waals surface area (Å²) in [5.41, 5.74) is 0.952. The molecule has 7 heteroatoms. The molecule has 1 aliphatic heterocycles. The van der Waals surface area contributed by atoms with Crippen molar-refractivity contribution in [2.45, 2.75) is 26.0 Å². The summed E-state index contributed by atoms with van der Waals surface area (Å²) >= 11 is 0. The fourth-order valence-corrected chi connectivity index (χ4v) is 3.66. The first-order chi connectivity index (χ1) is 15.4. The Morgan fingerprint density at radius 2 is 1.81 bits per heavy atom. The summed E-state index contributed by atoms with van der Waals surface area (Å²) < 4.78 is 19.2. The molecule has 2 heterocycles. The van der Waals surface area contributed by atoms with Crippen LogP contribution in [0.25, 0.3) is 5.76 Å². The van der Waals surface area contributed by atoms with E-state index in [1.54, 1.807) is 42.5 Å². The van der Waals surface area contributed by atoms with Crippen LogP contribution in [0.2, 0.25) is 0 Å². The highest BCUT2D eigenvalue weighted by atomic mass is 19.1. The second kappa shape index (κ2) is 8.63. The molecule has 1 unspecified atom stereocenters. The van der Waals surface area contributed by atoms with Crippen molar-refractivity contribution in [3.8, 4) is 5.75 Å². The topological polar surface area (TPSA) is 79.7 Å². The van der Waals surface area contributed by atoms with Crippen molar-refractivity contribution in [3.05, 3.63) is 95.6 Å². The van der Waals surface area contributed by atoms with Gasteiger partial charge < -0.3 is 9.84 Å². The highest BCUT2D eigenvalue weighted by Crippen LogP contribution is 2.41. The monoisotopic (exact) mass is 432 g/mol. The molecule has 1 aliphatic rings. The van der Waals surface area contributed by atoms with Gasteiger partial charge in [0.05, 0.1) is 17.4 Å². The van der Waals surface area contributed by atoms with Gasteiger partial charge in [-0.25, -0.2) is 4.39 Å². The molecule has 0 spiro atoms. The summed E-state index contributed by atoms with van der Waals surface area (Å²) in [7, 11) is 0. The second-order valence-corrected chi connectivity index (χ2v) is 7.59. The number of aliphatic hydroxyl groups is 1. The van der Waals surface area contributed by atoms with Gasteiger partial charge in [0.2, 0.25) is 0 Å². The Labute approximate surface area is 184 Å². The molecule has 32 heavy (non-hydrogen) atoms. The van der Waals surface area contributed by atoms with E-state index in [4.69, 9.17) is 4.74 Å². The average molecular weight is 432 g/mol. The Kier molecular flexibility index (Phi) is 5.73. The van der Waals surface area contributed by atoms with E-state index in [-0.39, 0.29) is 17.4 Å². The number of nitrogens with zero attached hydrogens (tertiary/aromatic N) is 2. The molecule has 1 amide bonds. The van der Waals surface area contributed by atoms with Crippen LogP contribution in [0.5, 0.6) is 5.75 Å². The molecule has 1 fully saturated rings. The Balaban J connectivity index is 1.89. The quantitative estimate of drug-likeness (QED) is 0.361. The maximum atomic E-state index is 13.5. The number of aromatic nitrogens is 1. The number of halogens is 1. The minimum atomic E-state index is -0.976. The van der Waals surface area contributed by atoms with Crippen LogP contribution in [-0.4, -0.2) is 27.9 Å². The van der Waals surface area contributed by atoms with Crippen LogP contribution < -0.4 is 9.64 Å². The highest BCUT2D eigenvalue weighted by Gasteiger charge is 2.47. The fourth-order valence-electron chi connectivity index (χ4n) is 3.66. The van der Waals surface area contributed by atoms with Crippen molar-refractivity contribution in [1.82, 2.24) is 4.98 Å². The first-order valence-corrected chi connectivity index (χ1v) is 10.1. The summed E-state index contributed by atoms with van der Waals surface area (Å²) in [6.07, 6.45) is 1.46.